The lowest BCUT2D eigenvalue weighted by atomic mass is 9.98. The monoisotopic (exact) mass is 743 g/mol. The number of carbonyl (C=O) groups is 1. The van der Waals surface area contributed by atoms with E-state index in [1.54, 1.807) is 14.2 Å². The van der Waals surface area contributed by atoms with E-state index < -0.39 is 26.6 Å². The van der Waals surface area contributed by atoms with Gasteiger partial charge in [0, 0.05) is 43.2 Å². The lowest BCUT2D eigenvalue weighted by molar-refractivity contribution is -0.0459. The highest BCUT2D eigenvalue weighted by Gasteiger charge is 2.42. The van der Waals surface area contributed by atoms with Crippen LogP contribution in [0.5, 0.6) is 17.2 Å². The number of rotatable bonds is 15. The summed E-state index contributed by atoms with van der Waals surface area (Å²) < 4.78 is 30.8. The van der Waals surface area contributed by atoms with Crippen LogP contribution in [0.25, 0.3) is 16.0 Å². The molecule has 0 radical (unpaired) electrons. The molecule has 1 aliphatic heterocycles. The van der Waals surface area contributed by atoms with Crippen LogP contribution in [0, 0.1) is 13.5 Å². The van der Waals surface area contributed by atoms with Gasteiger partial charge in [0.2, 0.25) is 0 Å². The number of fused-ring (bicyclic) bond motifs is 3. The summed E-state index contributed by atoms with van der Waals surface area (Å²) in [5.41, 5.74) is 6.15. The smallest absolute Gasteiger partial charge is 0.407 e. The van der Waals surface area contributed by atoms with Crippen molar-refractivity contribution in [3.8, 4) is 28.4 Å². The molecule has 3 atom stereocenters. The van der Waals surface area contributed by atoms with Crippen LogP contribution < -0.4 is 19.2 Å². The number of morpholine rings is 1. The van der Waals surface area contributed by atoms with Crippen molar-refractivity contribution in [1.29, 1.82) is 0 Å². The van der Waals surface area contributed by atoms with Gasteiger partial charge in [0.25, 0.3) is 14.5 Å². The van der Waals surface area contributed by atoms with Crippen molar-refractivity contribution >= 4 is 14.4 Å². The summed E-state index contributed by atoms with van der Waals surface area (Å²) >= 11 is 0. The van der Waals surface area contributed by atoms with Crippen molar-refractivity contribution in [2.24, 2.45) is 0 Å². The van der Waals surface area contributed by atoms with Gasteiger partial charge in [-0.15, -0.1) is 0 Å². The summed E-state index contributed by atoms with van der Waals surface area (Å²) in [6.45, 7) is 23.2. The molecule has 2 N–H and O–H groups in total. The van der Waals surface area contributed by atoms with Crippen LogP contribution in [-0.4, -0.2) is 89.9 Å². The molecule has 0 spiro atoms. The molecular weight excluding hydrogens is 687 g/mol. The molecule has 0 unspecified atom stereocenters. The number of unbranched alkanes of at least 4 members (excludes halogenated alkanes) is 1. The molecule has 53 heavy (non-hydrogen) atoms. The van der Waals surface area contributed by atoms with Gasteiger partial charge in [0.15, 0.2) is 5.75 Å². The number of alkyl carbamates (subject to hydrolysis) is 1. The number of methoxy groups -OCH3 is 2. The van der Waals surface area contributed by atoms with Crippen molar-refractivity contribution < 1.29 is 33.3 Å². The van der Waals surface area contributed by atoms with Crippen LogP contribution in [0.4, 0.5) is 4.79 Å². The van der Waals surface area contributed by atoms with E-state index >= 15 is 0 Å². The van der Waals surface area contributed by atoms with Gasteiger partial charge in [-0.2, -0.15) is 0 Å². The van der Waals surface area contributed by atoms with E-state index in [0.717, 1.165) is 46.2 Å². The number of benzene rings is 3. The standard InChI is InChI=1S/C42H57N3O7Si/c1-28-38(48-6)29(25-37(39(28)49-7)52-53(8,9)42(2,3)4)24-36(40(43-5)45-21-23-50-30(26-45)16-14-15-22-46)44-41(47)51-27-35-33-19-12-10-17-31(33)32-18-11-13-20-34(32)35/h10-13,17-20,25,30,35-36,40,46H,14-16,21-24,26-27H2,1-4,6-9H3,(H,44,47)/t30-,36-,40+/m0/s1. The number of amides is 1. The van der Waals surface area contributed by atoms with Crippen LogP contribution in [0.3, 0.4) is 0 Å². The zero-order chi connectivity index (χ0) is 38.3. The summed E-state index contributed by atoms with van der Waals surface area (Å²) in [7, 11) is 0.973. The first-order valence-corrected chi connectivity index (χ1v) is 21.6. The number of carbonyl (C=O) groups excluding carboxylic acids is 1. The number of hydrogen-bond donors (Lipinski definition) is 2. The SMILES string of the molecule is [C-]#[N+][C@@H]([C@H](Cc1cc(O[Si](C)(C)C(C)(C)C)c(OC)c(C)c1OC)NC(=O)OCC1c2ccccc2-c2ccccc21)N1CCO[C@@H](CCCCO)C1. The van der Waals surface area contributed by atoms with E-state index in [1.807, 2.05) is 37.3 Å². The molecular formula is C42H57N3O7Si. The van der Waals surface area contributed by atoms with Gasteiger partial charge in [-0.3, -0.25) is 4.85 Å². The number of nitrogens with one attached hydrogen (secondary N) is 1. The molecule has 10 nitrogen and oxygen atoms in total. The molecule has 5 rings (SSSR count). The third-order valence-electron chi connectivity index (χ3n) is 11.1. The summed E-state index contributed by atoms with van der Waals surface area (Å²) in [5, 5.41) is 12.4. The summed E-state index contributed by atoms with van der Waals surface area (Å²) in [6.07, 6.45) is 1.23. The minimum atomic E-state index is -2.28. The molecule has 0 aromatic heterocycles. The second-order valence-electron chi connectivity index (χ2n) is 15.6. The van der Waals surface area contributed by atoms with Crippen LogP contribution in [0.15, 0.2) is 54.6 Å². The Balaban J connectivity index is 1.46. The van der Waals surface area contributed by atoms with Crippen LogP contribution >= 0.6 is 0 Å². The van der Waals surface area contributed by atoms with Crippen LogP contribution in [-0.2, 0) is 15.9 Å². The molecule has 1 saturated heterocycles. The molecule has 1 aliphatic carbocycles. The lowest BCUT2D eigenvalue weighted by Crippen LogP contribution is -2.56. The number of aliphatic hydroxyl groups is 1. The van der Waals surface area contributed by atoms with E-state index in [9.17, 15) is 9.90 Å². The van der Waals surface area contributed by atoms with Crippen molar-refractivity contribution in [1.82, 2.24) is 10.2 Å². The maximum Gasteiger partial charge on any atom is 0.407 e. The second-order valence-corrected chi connectivity index (χ2v) is 20.3. The zero-order valence-corrected chi connectivity index (χ0v) is 33.7. The van der Waals surface area contributed by atoms with Gasteiger partial charge >= 0.3 is 6.09 Å². The largest absolute Gasteiger partial charge is 0.541 e. The average molecular weight is 744 g/mol. The third-order valence-corrected chi connectivity index (χ3v) is 15.5. The summed E-state index contributed by atoms with van der Waals surface area (Å²) in [6, 6.07) is 17.8. The van der Waals surface area contributed by atoms with Crippen molar-refractivity contribution in [2.75, 3.05) is 47.1 Å². The van der Waals surface area contributed by atoms with E-state index in [2.05, 4.69) is 73.2 Å². The number of ether oxygens (including phenoxy) is 4. The molecule has 1 amide bonds. The highest BCUT2D eigenvalue weighted by molar-refractivity contribution is 6.74. The Hall–Kier alpha value is -4.08. The fourth-order valence-electron chi connectivity index (χ4n) is 7.34. The van der Waals surface area contributed by atoms with Crippen LogP contribution in [0.2, 0.25) is 18.1 Å². The molecule has 3 aromatic carbocycles. The van der Waals surface area contributed by atoms with Crippen molar-refractivity contribution in [2.45, 2.75) is 95.7 Å². The highest BCUT2D eigenvalue weighted by Crippen LogP contribution is 2.46. The first-order valence-electron chi connectivity index (χ1n) is 18.7. The summed E-state index contributed by atoms with van der Waals surface area (Å²) in [4.78, 5) is 20.1. The van der Waals surface area contributed by atoms with Crippen molar-refractivity contribution in [3.63, 3.8) is 0 Å². The topological polar surface area (TPSA) is 103 Å². The van der Waals surface area contributed by atoms with E-state index in [0.29, 0.717) is 43.4 Å². The Kier molecular flexibility index (Phi) is 13.1. The Bertz CT molecular complexity index is 1720. The molecule has 0 bridgehead atoms. The maximum atomic E-state index is 13.9. The van der Waals surface area contributed by atoms with Gasteiger partial charge in [-0.05, 0) is 72.6 Å². The number of aliphatic hydroxyl groups excluding tert-OH is 1. The molecule has 1 heterocycles. The third kappa shape index (κ3) is 9.01. The Morgan fingerprint density at radius 1 is 1.06 bits per heavy atom. The van der Waals surface area contributed by atoms with Gasteiger partial charge in [0.05, 0.1) is 26.9 Å². The maximum absolute atomic E-state index is 13.9. The fraction of sp³-hybridized carbons (Fsp3) is 0.524. The Labute approximate surface area is 316 Å². The van der Waals surface area contributed by atoms with E-state index in [-0.39, 0.29) is 36.7 Å². The van der Waals surface area contributed by atoms with E-state index in [1.165, 1.54) is 0 Å². The van der Waals surface area contributed by atoms with Crippen molar-refractivity contribution in [3.05, 3.63) is 88.3 Å². The minimum absolute atomic E-state index is 0.0561. The van der Waals surface area contributed by atoms with Gasteiger partial charge in [0.1, 0.15) is 24.1 Å². The predicted octanol–water partition coefficient (Wildman–Crippen LogP) is 7.95. The Morgan fingerprint density at radius 3 is 2.28 bits per heavy atom. The Morgan fingerprint density at radius 2 is 1.70 bits per heavy atom. The van der Waals surface area contributed by atoms with Gasteiger partial charge in [-0.1, -0.05) is 69.3 Å². The molecule has 11 heteroatoms. The highest BCUT2D eigenvalue weighted by atomic mass is 28.4. The lowest BCUT2D eigenvalue weighted by Gasteiger charge is -2.37. The van der Waals surface area contributed by atoms with E-state index in [4.69, 9.17) is 29.9 Å². The zero-order valence-electron chi connectivity index (χ0n) is 32.7. The molecule has 0 saturated carbocycles. The second kappa shape index (κ2) is 17.4. The molecule has 286 valence electrons. The average Bonchev–Trinajstić information content (AvgIpc) is 3.44. The summed E-state index contributed by atoms with van der Waals surface area (Å²) in [5.74, 6) is 1.76. The van der Waals surface area contributed by atoms with Crippen LogP contribution in [0.1, 0.15) is 68.2 Å². The molecule has 1 fully saturated rings. The molecule has 3 aromatic rings. The fourth-order valence-corrected chi connectivity index (χ4v) is 8.35. The minimum Gasteiger partial charge on any atom is -0.541 e. The number of nitrogens with zero attached hydrogens (tertiary/aromatic N) is 2. The quantitative estimate of drug-likeness (QED) is 0.0919. The van der Waals surface area contributed by atoms with Gasteiger partial charge < -0.3 is 33.8 Å². The first-order chi connectivity index (χ1) is 25.3. The molecule has 2 aliphatic rings. The predicted molar refractivity (Wildman–Crippen MR) is 210 cm³/mol. The van der Waals surface area contributed by atoms with Gasteiger partial charge in [-0.25, -0.2) is 16.3 Å². The number of hydrogen-bond acceptors (Lipinski definition) is 8. The normalized spacial score (nSPS) is 17.2. The first kappa shape index (κ1) is 40.1.